The standard InChI is InChI=1S/C41H50N10O5/c1-6-35(53)45-31-18-27(21-43-38(31)49-12-11-48(22-25(49)2)28-8-15-56-16-9-28)44-36-40(55)47(5)23-32(46-36)29-7-10-42-37(30(29)24-52)51-14-13-50-33(39(51)54)17-26-19-41(3,4)20-34(26)50/h6-7,10,17-18,21,23,25,28,52H,1,8-9,11-16,19-20,22,24H2,2-5H3,(H,44,46)(H,45,53). The zero-order valence-electron chi connectivity index (χ0n) is 32.5. The van der Waals surface area contributed by atoms with Crippen LogP contribution in [0, 0.1) is 5.41 Å². The lowest BCUT2D eigenvalue weighted by Gasteiger charge is -2.45. The third-order valence-electron chi connectivity index (χ3n) is 11.6. The molecule has 1 atom stereocenters. The number of piperazine rings is 1. The highest BCUT2D eigenvalue weighted by molar-refractivity contribution is 6.06. The van der Waals surface area contributed by atoms with Gasteiger partial charge in [0, 0.05) is 94.3 Å². The van der Waals surface area contributed by atoms with Gasteiger partial charge < -0.3 is 34.5 Å². The van der Waals surface area contributed by atoms with Crippen molar-refractivity contribution in [1.29, 1.82) is 0 Å². The molecule has 15 nitrogen and oxygen atoms in total. The highest BCUT2D eigenvalue weighted by Gasteiger charge is 2.38. The third kappa shape index (κ3) is 6.99. The first-order chi connectivity index (χ1) is 26.9. The van der Waals surface area contributed by atoms with Gasteiger partial charge in [0.2, 0.25) is 5.91 Å². The van der Waals surface area contributed by atoms with Crippen molar-refractivity contribution in [2.24, 2.45) is 12.5 Å². The Morgan fingerprint density at radius 3 is 2.64 bits per heavy atom. The maximum absolute atomic E-state index is 14.0. The largest absolute Gasteiger partial charge is 0.392 e. The minimum Gasteiger partial charge on any atom is -0.392 e. The van der Waals surface area contributed by atoms with Crippen LogP contribution in [-0.2, 0) is 42.6 Å². The topological polar surface area (TPSA) is 163 Å². The van der Waals surface area contributed by atoms with Gasteiger partial charge in [-0.05, 0) is 67.9 Å². The van der Waals surface area contributed by atoms with E-state index in [0.29, 0.717) is 64.7 Å². The summed E-state index contributed by atoms with van der Waals surface area (Å²) < 4.78 is 9.13. The fourth-order valence-electron chi connectivity index (χ4n) is 8.89. The molecular formula is C41H50N10O5. The first-order valence-corrected chi connectivity index (χ1v) is 19.4. The number of nitrogens with zero attached hydrogens (tertiary/aromatic N) is 8. The van der Waals surface area contributed by atoms with Crippen LogP contribution in [0.2, 0.25) is 0 Å². The summed E-state index contributed by atoms with van der Waals surface area (Å²) in [7, 11) is 1.63. The Morgan fingerprint density at radius 2 is 1.89 bits per heavy atom. The van der Waals surface area contributed by atoms with E-state index >= 15 is 0 Å². The van der Waals surface area contributed by atoms with Crippen LogP contribution >= 0.6 is 0 Å². The summed E-state index contributed by atoms with van der Waals surface area (Å²) in [6.07, 6.45) is 9.94. The van der Waals surface area contributed by atoms with Gasteiger partial charge in [-0.1, -0.05) is 20.4 Å². The van der Waals surface area contributed by atoms with E-state index in [4.69, 9.17) is 14.7 Å². The van der Waals surface area contributed by atoms with Crippen LogP contribution in [0.4, 0.5) is 28.8 Å². The number of hydrogen-bond acceptors (Lipinski definition) is 11. The second kappa shape index (κ2) is 14.9. The Bertz CT molecular complexity index is 2260. The Hall–Kier alpha value is -5.38. The molecule has 4 aliphatic rings. The van der Waals surface area contributed by atoms with Crippen LogP contribution in [0.3, 0.4) is 0 Å². The number of carbonyl (C=O) groups is 2. The van der Waals surface area contributed by atoms with Gasteiger partial charge in [0.25, 0.3) is 11.5 Å². The molecule has 2 saturated heterocycles. The molecule has 1 aliphatic carbocycles. The molecule has 1 unspecified atom stereocenters. The fourth-order valence-corrected chi connectivity index (χ4v) is 8.89. The van der Waals surface area contributed by atoms with Crippen molar-refractivity contribution in [3.8, 4) is 11.3 Å². The molecule has 3 N–H and O–H groups in total. The predicted molar refractivity (Wildman–Crippen MR) is 214 cm³/mol. The molecule has 8 rings (SSSR count). The van der Waals surface area contributed by atoms with Gasteiger partial charge in [-0.25, -0.2) is 15.0 Å². The van der Waals surface area contributed by atoms with Gasteiger partial charge in [-0.2, -0.15) is 0 Å². The molecule has 4 aromatic rings. The van der Waals surface area contributed by atoms with E-state index < -0.39 is 12.2 Å². The summed E-state index contributed by atoms with van der Waals surface area (Å²) in [4.78, 5) is 60.6. The van der Waals surface area contributed by atoms with Crippen LogP contribution in [-0.4, -0.2) is 97.4 Å². The molecule has 294 valence electrons. The number of nitrogens with one attached hydrogen (secondary N) is 2. The van der Waals surface area contributed by atoms with Gasteiger partial charge in [-0.3, -0.25) is 24.2 Å². The summed E-state index contributed by atoms with van der Waals surface area (Å²) in [5.74, 6) is 0.464. The van der Waals surface area contributed by atoms with E-state index in [1.165, 1.54) is 21.9 Å². The molecule has 2 amide bonds. The number of carbonyl (C=O) groups excluding carboxylic acids is 2. The molecule has 0 saturated carbocycles. The maximum Gasteiger partial charge on any atom is 0.293 e. The van der Waals surface area contributed by atoms with Crippen molar-refractivity contribution in [2.75, 3.05) is 59.8 Å². The van der Waals surface area contributed by atoms with Crippen LogP contribution in [0.15, 0.2) is 54.2 Å². The zero-order chi connectivity index (χ0) is 39.3. The fraction of sp³-hybridized carbons (Fsp3) is 0.463. The summed E-state index contributed by atoms with van der Waals surface area (Å²) in [6, 6.07) is 6.11. The number of aromatic nitrogens is 5. The van der Waals surface area contributed by atoms with Gasteiger partial charge in [0.15, 0.2) is 11.6 Å². The maximum atomic E-state index is 14.0. The van der Waals surface area contributed by atoms with Gasteiger partial charge in [0.1, 0.15) is 11.5 Å². The lowest BCUT2D eigenvalue weighted by atomic mass is 9.90. The van der Waals surface area contributed by atoms with E-state index in [2.05, 4.69) is 57.3 Å². The highest BCUT2D eigenvalue weighted by Crippen LogP contribution is 2.40. The lowest BCUT2D eigenvalue weighted by Crippen LogP contribution is -2.56. The first kappa shape index (κ1) is 37.5. The molecule has 3 aliphatic heterocycles. The number of aliphatic hydroxyl groups excluding tert-OH is 1. The molecular weight excluding hydrogens is 713 g/mol. The zero-order valence-corrected chi connectivity index (χ0v) is 32.5. The van der Waals surface area contributed by atoms with Crippen LogP contribution in [0.1, 0.15) is 60.9 Å². The second-order valence-corrected chi connectivity index (χ2v) is 16.1. The van der Waals surface area contributed by atoms with Crippen molar-refractivity contribution in [3.63, 3.8) is 0 Å². The van der Waals surface area contributed by atoms with Crippen LogP contribution in [0.25, 0.3) is 11.3 Å². The minimum absolute atomic E-state index is 0.0190. The van der Waals surface area contributed by atoms with Gasteiger partial charge >= 0.3 is 0 Å². The number of aryl methyl sites for hydroxylation is 1. The van der Waals surface area contributed by atoms with Crippen LogP contribution < -0.4 is 26.0 Å². The number of ether oxygens (including phenoxy) is 1. The monoisotopic (exact) mass is 762 g/mol. The number of pyridine rings is 2. The quantitative estimate of drug-likeness (QED) is 0.212. The summed E-state index contributed by atoms with van der Waals surface area (Å²) in [5.41, 5.74) is 5.15. The molecule has 56 heavy (non-hydrogen) atoms. The molecule has 0 spiro atoms. The van der Waals surface area contributed by atoms with Crippen molar-refractivity contribution < 1.29 is 19.4 Å². The third-order valence-corrected chi connectivity index (χ3v) is 11.6. The number of fused-ring (bicyclic) bond motifs is 3. The number of aliphatic hydroxyl groups is 1. The highest BCUT2D eigenvalue weighted by atomic mass is 16.5. The van der Waals surface area contributed by atoms with E-state index in [1.54, 1.807) is 42.7 Å². The minimum atomic E-state index is -0.402. The Balaban J connectivity index is 1.07. The van der Waals surface area contributed by atoms with E-state index in [0.717, 1.165) is 58.5 Å². The molecule has 7 heterocycles. The second-order valence-electron chi connectivity index (χ2n) is 16.1. The average molecular weight is 763 g/mol. The normalized spacial score (nSPS) is 19.8. The predicted octanol–water partition coefficient (Wildman–Crippen LogP) is 3.87. The van der Waals surface area contributed by atoms with Crippen molar-refractivity contribution in [1.82, 2.24) is 29.0 Å². The van der Waals surface area contributed by atoms with E-state index in [1.807, 2.05) is 6.07 Å². The molecule has 15 heteroatoms. The van der Waals surface area contributed by atoms with Gasteiger partial charge in [0.05, 0.1) is 29.9 Å². The van der Waals surface area contributed by atoms with E-state index in [9.17, 15) is 19.5 Å². The number of hydrogen-bond donors (Lipinski definition) is 3. The Morgan fingerprint density at radius 1 is 1.09 bits per heavy atom. The molecule has 2 fully saturated rings. The van der Waals surface area contributed by atoms with Crippen molar-refractivity contribution in [2.45, 2.75) is 71.7 Å². The smallest absolute Gasteiger partial charge is 0.293 e. The lowest BCUT2D eigenvalue weighted by molar-refractivity contribution is -0.111. The Labute approximate surface area is 326 Å². The Kier molecular flexibility index (Phi) is 10.0. The molecule has 0 aromatic carbocycles. The number of anilines is 5. The van der Waals surface area contributed by atoms with Gasteiger partial charge in [-0.15, -0.1) is 0 Å². The molecule has 0 bridgehead atoms. The number of rotatable bonds is 9. The summed E-state index contributed by atoms with van der Waals surface area (Å²) in [5, 5.41) is 16.8. The SMILES string of the molecule is C=CC(=O)Nc1cc(Nc2nc(-c3ccnc(N4CCn5c(cc6c5CC(C)(C)C6)C4=O)c3CO)cn(C)c2=O)cnc1N1CCN(C2CCOCC2)CC1C. The first-order valence-electron chi connectivity index (χ1n) is 19.4. The van der Waals surface area contributed by atoms with Crippen molar-refractivity contribution >= 4 is 40.6 Å². The summed E-state index contributed by atoms with van der Waals surface area (Å²) in [6.45, 7) is 15.0. The van der Waals surface area contributed by atoms with Crippen LogP contribution in [0.5, 0.6) is 0 Å². The summed E-state index contributed by atoms with van der Waals surface area (Å²) >= 11 is 0. The molecule has 4 aromatic heterocycles. The average Bonchev–Trinajstić information content (AvgIpc) is 3.69. The number of amides is 2. The molecule has 0 radical (unpaired) electrons. The van der Waals surface area contributed by atoms with Crippen molar-refractivity contribution in [3.05, 3.63) is 82.3 Å². The van der Waals surface area contributed by atoms with E-state index in [-0.39, 0.29) is 29.1 Å².